The van der Waals surface area contributed by atoms with Crippen LogP contribution in [-0.2, 0) is 9.53 Å². The van der Waals surface area contributed by atoms with Gasteiger partial charge in [-0.2, -0.15) is 13.2 Å². The zero-order chi connectivity index (χ0) is 24.9. The Balaban J connectivity index is 0.000000406. The van der Waals surface area contributed by atoms with Gasteiger partial charge in [0.2, 0.25) is 0 Å². The first-order valence-corrected chi connectivity index (χ1v) is 10.2. The molecule has 4 heterocycles. The molecule has 0 unspecified atom stereocenters. The number of aliphatic carboxylic acids is 1. The SMILES string of the molecule is Cc1nc(-c2cc(-c3cncc(C(=O)N[C@@H]4CCOC4)c3)ccn2)[nH]c1C.O=C(O)C(F)(F)F. The molecule has 0 bridgehead atoms. The smallest absolute Gasteiger partial charge is 0.475 e. The number of carboxylic acid groups (broad SMARTS) is 1. The third kappa shape index (κ3) is 6.38. The minimum Gasteiger partial charge on any atom is -0.475 e. The van der Waals surface area contributed by atoms with E-state index in [1.165, 1.54) is 0 Å². The highest BCUT2D eigenvalue weighted by molar-refractivity contribution is 5.95. The third-order valence-corrected chi connectivity index (χ3v) is 4.97. The molecule has 4 rings (SSSR count). The molecule has 3 N–H and O–H groups in total. The summed E-state index contributed by atoms with van der Waals surface area (Å²) in [5, 5.41) is 10.1. The van der Waals surface area contributed by atoms with Crippen molar-refractivity contribution < 1.29 is 32.6 Å². The van der Waals surface area contributed by atoms with Crippen molar-refractivity contribution in [2.75, 3.05) is 13.2 Å². The van der Waals surface area contributed by atoms with Gasteiger partial charge in [0.15, 0.2) is 5.82 Å². The van der Waals surface area contributed by atoms with E-state index in [2.05, 4.69) is 25.3 Å². The van der Waals surface area contributed by atoms with Crippen molar-refractivity contribution in [1.29, 1.82) is 0 Å². The molecular formula is C22H22F3N5O4. The lowest BCUT2D eigenvalue weighted by Gasteiger charge is -2.11. The number of hydrogen-bond donors (Lipinski definition) is 3. The van der Waals surface area contributed by atoms with Gasteiger partial charge in [0.05, 0.1) is 23.9 Å². The first kappa shape index (κ1) is 24.8. The van der Waals surface area contributed by atoms with E-state index in [1.807, 2.05) is 32.0 Å². The van der Waals surface area contributed by atoms with Gasteiger partial charge < -0.3 is 20.1 Å². The molecule has 180 valence electrons. The second-order valence-electron chi connectivity index (χ2n) is 7.52. The highest BCUT2D eigenvalue weighted by Gasteiger charge is 2.38. The summed E-state index contributed by atoms with van der Waals surface area (Å²) in [5.41, 5.74) is 5.04. The molecule has 0 spiro atoms. The van der Waals surface area contributed by atoms with Crippen LogP contribution in [0.2, 0.25) is 0 Å². The van der Waals surface area contributed by atoms with E-state index < -0.39 is 12.1 Å². The van der Waals surface area contributed by atoms with Crippen molar-refractivity contribution in [2.45, 2.75) is 32.5 Å². The summed E-state index contributed by atoms with van der Waals surface area (Å²) in [6.07, 6.45) is 0.818. The van der Waals surface area contributed by atoms with E-state index >= 15 is 0 Å². The van der Waals surface area contributed by atoms with E-state index in [1.54, 1.807) is 18.6 Å². The van der Waals surface area contributed by atoms with Gasteiger partial charge >= 0.3 is 12.1 Å². The van der Waals surface area contributed by atoms with Gasteiger partial charge in [-0.05, 0) is 44.0 Å². The Morgan fingerprint density at radius 1 is 1.21 bits per heavy atom. The maximum atomic E-state index is 12.5. The fourth-order valence-electron chi connectivity index (χ4n) is 3.05. The Hall–Kier alpha value is -3.80. The molecule has 1 atom stereocenters. The monoisotopic (exact) mass is 477 g/mol. The van der Waals surface area contributed by atoms with Gasteiger partial charge in [0, 0.05) is 36.5 Å². The number of H-pyrrole nitrogens is 1. The van der Waals surface area contributed by atoms with Crippen LogP contribution < -0.4 is 5.32 Å². The van der Waals surface area contributed by atoms with Crippen LogP contribution in [0.15, 0.2) is 36.8 Å². The molecule has 1 saturated heterocycles. The fraction of sp³-hybridized carbons (Fsp3) is 0.318. The number of hydrogen-bond acceptors (Lipinski definition) is 6. The first-order chi connectivity index (χ1) is 16.0. The topological polar surface area (TPSA) is 130 Å². The van der Waals surface area contributed by atoms with Crippen LogP contribution in [0.25, 0.3) is 22.6 Å². The number of pyridine rings is 2. The highest BCUT2D eigenvalue weighted by atomic mass is 19.4. The van der Waals surface area contributed by atoms with Gasteiger partial charge in [0.1, 0.15) is 5.69 Å². The largest absolute Gasteiger partial charge is 0.490 e. The zero-order valence-corrected chi connectivity index (χ0v) is 18.3. The zero-order valence-electron chi connectivity index (χ0n) is 18.3. The number of halogens is 3. The maximum Gasteiger partial charge on any atom is 0.490 e. The Morgan fingerprint density at radius 3 is 2.53 bits per heavy atom. The Morgan fingerprint density at radius 2 is 1.94 bits per heavy atom. The van der Waals surface area contributed by atoms with Crippen LogP contribution in [0.5, 0.6) is 0 Å². The van der Waals surface area contributed by atoms with E-state index in [9.17, 15) is 18.0 Å². The number of amides is 1. The van der Waals surface area contributed by atoms with Gasteiger partial charge in [0.25, 0.3) is 5.91 Å². The van der Waals surface area contributed by atoms with Gasteiger partial charge in [-0.25, -0.2) is 9.78 Å². The molecule has 3 aromatic rings. The number of nitrogens with zero attached hydrogens (tertiary/aromatic N) is 3. The lowest BCUT2D eigenvalue weighted by Crippen LogP contribution is -2.35. The second kappa shape index (κ2) is 10.4. The lowest BCUT2D eigenvalue weighted by molar-refractivity contribution is -0.192. The number of aromatic nitrogens is 4. The first-order valence-electron chi connectivity index (χ1n) is 10.2. The predicted octanol–water partition coefficient (Wildman–Crippen LogP) is 3.30. The molecule has 34 heavy (non-hydrogen) atoms. The van der Waals surface area contributed by atoms with Crippen molar-refractivity contribution in [3.05, 3.63) is 53.7 Å². The lowest BCUT2D eigenvalue weighted by atomic mass is 10.1. The molecule has 0 saturated carbocycles. The molecule has 1 aliphatic rings. The summed E-state index contributed by atoms with van der Waals surface area (Å²) in [5.74, 6) is -2.16. The molecule has 1 fully saturated rings. The molecule has 1 amide bonds. The van der Waals surface area contributed by atoms with Crippen molar-refractivity contribution in [1.82, 2.24) is 25.3 Å². The minimum absolute atomic E-state index is 0.0686. The van der Waals surface area contributed by atoms with E-state index in [-0.39, 0.29) is 11.9 Å². The Bertz CT molecular complexity index is 1150. The van der Waals surface area contributed by atoms with Crippen molar-refractivity contribution >= 4 is 11.9 Å². The molecule has 12 heteroatoms. The number of aryl methyl sites for hydroxylation is 2. The third-order valence-electron chi connectivity index (χ3n) is 4.97. The number of carbonyl (C=O) groups is 2. The van der Waals surface area contributed by atoms with Crippen LogP contribution in [0, 0.1) is 13.8 Å². The van der Waals surface area contributed by atoms with Crippen LogP contribution in [0.4, 0.5) is 13.2 Å². The standard InChI is InChI=1S/C20H21N5O2.C2HF3O2/c1-12-13(2)24-19(23-12)18-8-14(3-5-22-18)15-7-16(10-21-9-15)20(26)25-17-4-6-27-11-17;3-2(4,5)1(6)7/h3,5,7-10,17H,4,6,11H2,1-2H3,(H,23,24)(H,25,26);(H,6,7)/t17-;/m1./s1. The summed E-state index contributed by atoms with van der Waals surface area (Å²) in [7, 11) is 0. The van der Waals surface area contributed by atoms with Gasteiger partial charge in [-0.1, -0.05) is 0 Å². The van der Waals surface area contributed by atoms with E-state index in [0.29, 0.717) is 18.8 Å². The normalized spacial score (nSPS) is 15.4. The van der Waals surface area contributed by atoms with Crippen LogP contribution in [0.1, 0.15) is 28.2 Å². The predicted molar refractivity (Wildman–Crippen MR) is 115 cm³/mol. The van der Waals surface area contributed by atoms with Gasteiger partial charge in [-0.3, -0.25) is 14.8 Å². The number of rotatable bonds is 4. The highest BCUT2D eigenvalue weighted by Crippen LogP contribution is 2.24. The molecule has 3 aromatic heterocycles. The molecule has 0 radical (unpaired) electrons. The number of nitrogens with one attached hydrogen (secondary N) is 2. The minimum atomic E-state index is -5.08. The molecule has 0 aliphatic carbocycles. The molecular weight excluding hydrogens is 455 g/mol. The number of imidazole rings is 1. The Labute approximate surface area is 192 Å². The maximum absolute atomic E-state index is 12.5. The number of carbonyl (C=O) groups excluding carboxylic acids is 1. The average molecular weight is 477 g/mol. The van der Waals surface area contributed by atoms with Crippen LogP contribution in [0.3, 0.4) is 0 Å². The number of carboxylic acids is 1. The van der Waals surface area contributed by atoms with Crippen LogP contribution in [-0.4, -0.2) is 62.4 Å². The van der Waals surface area contributed by atoms with Crippen molar-refractivity contribution in [3.8, 4) is 22.6 Å². The summed E-state index contributed by atoms with van der Waals surface area (Å²) in [6, 6.07) is 5.76. The summed E-state index contributed by atoms with van der Waals surface area (Å²) in [6.45, 7) is 5.20. The molecule has 9 nitrogen and oxygen atoms in total. The van der Waals surface area contributed by atoms with Crippen molar-refractivity contribution in [2.24, 2.45) is 0 Å². The number of ether oxygens (including phenoxy) is 1. The van der Waals surface area contributed by atoms with Crippen LogP contribution >= 0.6 is 0 Å². The number of aromatic amines is 1. The number of alkyl halides is 3. The summed E-state index contributed by atoms with van der Waals surface area (Å²) < 4.78 is 37.0. The van der Waals surface area contributed by atoms with Crippen molar-refractivity contribution in [3.63, 3.8) is 0 Å². The molecule has 1 aliphatic heterocycles. The summed E-state index contributed by atoms with van der Waals surface area (Å²) in [4.78, 5) is 37.8. The fourth-order valence-corrected chi connectivity index (χ4v) is 3.05. The Kier molecular flexibility index (Phi) is 7.61. The quantitative estimate of drug-likeness (QED) is 0.526. The molecule has 0 aromatic carbocycles. The van der Waals surface area contributed by atoms with E-state index in [4.69, 9.17) is 14.6 Å². The second-order valence-corrected chi connectivity index (χ2v) is 7.52. The average Bonchev–Trinajstić information content (AvgIpc) is 3.43. The summed E-state index contributed by atoms with van der Waals surface area (Å²) >= 11 is 0. The van der Waals surface area contributed by atoms with Gasteiger partial charge in [-0.15, -0.1) is 0 Å². The van der Waals surface area contributed by atoms with E-state index in [0.717, 1.165) is 40.5 Å².